The molecule has 0 heterocycles. The molecule has 0 fully saturated rings. The molecular formula is C9H16O3. The Kier molecular flexibility index (Phi) is 5.34. The van der Waals surface area contributed by atoms with Crippen LogP contribution in [0, 0.1) is 5.92 Å². The van der Waals surface area contributed by atoms with Gasteiger partial charge in [-0.1, -0.05) is 20.8 Å². The lowest BCUT2D eigenvalue weighted by atomic mass is 10.2. The fourth-order valence-corrected chi connectivity index (χ4v) is 0.597. The number of rotatable bonds is 5. The van der Waals surface area contributed by atoms with E-state index in [1.807, 2.05) is 13.8 Å². The van der Waals surface area contributed by atoms with E-state index < -0.39 is 5.97 Å². The molecule has 0 saturated heterocycles. The number of carbonyl (C=O) groups excluding carboxylic acids is 2. The van der Waals surface area contributed by atoms with Crippen molar-refractivity contribution in [1.29, 1.82) is 0 Å². The maximum atomic E-state index is 10.9. The van der Waals surface area contributed by atoms with Gasteiger partial charge in [-0.3, -0.25) is 9.59 Å². The zero-order chi connectivity index (χ0) is 9.56. The molecule has 0 saturated carbocycles. The average Bonchev–Trinajstić information content (AvgIpc) is 2.00. The molecule has 0 spiro atoms. The van der Waals surface area contributed by atoms with E-state index in [4.69, 9.17) is 4.74 Å². The highest BCUT2D eigenvalue weighted by Gasteiger charge is 2.08. The number of esters is 1. The quantitative estimate of drug-likeness (QED) is 0.467. The van der Waals surface area contributed by atoms with Crippen molar-refractivity contribution in [2.75, 3.05) is 6.61 Å². The molecule has 0 N–H and O–H groups in total. The van der Waals surface area contributed by atoms with E-state index in [0.29, 0.717) is 18.9 Å². The SMILES string of the molecule is CCC(=O)CC(=O)OCC(C)C. The summed E-state index contributed by atoms with van der Waals surface area (Å²) in [5.74, 6) is -0.148. The van der Waals surface area contributed by atoms with Gasteiger partial charge in [0, 0.05) is 6.42 Å². The van der Waals surface area contributed by atoms with Crippen LogP contribution in [0.1, 0.15) is 33.6 Å². The first-order valence-electron chi connectivity index (χ1n) is 4.23. The molecule has 0 rings (SSSR count). The third-order valence-corrected chi connectivity index (χ3v) is 1.31. The summed E-state index contributed by atoms with van der Waals surface area (Å²) in [7, 11) is 0. The van der Waals surface area contributed by atoms with Crippen molar-refractivity contribution in [3.63, 3.8) is 0 Å². The lowest BCUT2D eigenvalue weighted by Crippen LogP contribution is -2.13. The third-order valence-electron chi connectivity index (χ3n) is 1.31. The number of Topliss-reactive ketones (excluding diaryl/α,β-unsaturated/α-hetero) is 1. The van der Waals surface area contributed by atoms with Gasteiger partial charge in [0.05, 0.1) is 6.61 Å². The topological polar surface area (TPSA) is 43.4 Å². The van der Waals surface area contributed by atoms with Crippen LogP contribution in [0.5, 0.6) is 0 Å². The second-order valence-corrected chi connectivity index (χ2v) is 3.15. The lowest BCUT2D eigenvalue weighted by molar-refractivity contribution is -0.146. The maximum absolute atomic E-state index is 10.9. The van der Waals surface area contributed by atoms with Gasteiger partial charge in [0.25, 0.3) is 0 Å². The van der Waals surface area contributed by atoms with Gasteiger partial charge >= 0.3 is 5.97 Å². The summed E-state index contributed by atoms with van der Waals surface area (Å²) in [5.41, 5.74) is 0. The zero-order valence-electron chi connectivity index (χ0n) is 7.92. The summed E-state index contributed by atoms with van der Waals surface area (Å²) < 4.78 is 4.82. The number of hydrogen-bond donors (Lipinski definition) is 0. The fourth-order valence-electron chi connectivity index (χ4n) is 0.597. The van der Waals surface area contributed by atoms with E-state index in [2.05, 4.69) is 0 Å². The van der Waals surface area contributed by atoms with E-state index >= 15 is 0 Å². The normalized spacial score (nSPS) is 10.0. The Morgan fingerprint density at radius 1 is 1.33 bits per heavy atom. The monoisotopic (exact) mass is 172 g/mol. The Hall–Kier alpha value is -0.860. The Labute approximate surface area is 73.1 Å². The summed E-state index contributed by atoms with van der Waals surface area (Å²) in [6.45, 7) is 6.04. The molecule has 70 valence electrons. The van der Waals surface area contributed by atoms with Crippen molar-refractivity contribution in [1.82, 2.24) is 0 Å². The smallest absolute Gasteiger partial charge is 0.313 e. The van der Waals surface area contributed by atoms with Crippen LogP contribution in [0.2, 0.25) is 0 Å². The van der Waals surface area contributed by atoms with Gasteiger partial charge in [-0.25, -0.2) is 0 Å². The van der Waals surface area contributed by atoms with E-state index in [0.717, 1.165) is 0 Å². The van der Waals surface area contributed by atoms with Crippen LogP contribution in [-0.2, 0) is 14.3 Å². The first-order chi connectivity index (χ1) is 5.56. The van der Waals surface area contributed by atoms with Gasteiger partial charge < -0.3 is 4.74 Å². The molecule has 0 radical (unpaired) electrons. The minimum absolute atomic E-state index is 0.0660. The second kappa shape index (κ2) is 5.75. The molecule has 0 atom stereocenters. The summed E-state index contributed by atoms with van der Waals surface area (Å²) in [6.07, 6.45) is 0.319. The molecule has 0 amide bonds. The van der Waals surface area contributed by atoms with Crippen molar-refractivity contribution in [3.05, 3.63) is 0 Å². The first kappa shape index (κ1) is 11.1. The largest absolute Gasteiger partial charge is 0.465 e. The fraction of sp³-hybridized carbons (Fsp3) is 0.778. The van der Waals surface area contributed by atoms with Gasteiger partial charge in [0.1, 0.15) is 12.2 Å². The summed E-state index contributed by atoms with van der Waals surface area (Å²) >= 11 is 0. The summed E-state index contributed by atoms with van der Waals surface area (Å²) in [4.78, 5) is 21.6. The second-order valence-electron chi connectivity index (χ2n) is 3.15. The molecule has 0 aliphatic heterocycles. The number of ether oxygens (including phenoxy) is 1. The van der Waals surface area contributed by atoms with E-state index in [1.165, 1.54) is 0 Å². The standard InChI is InChI=1S/C9H16O3/c1-4-8(10)5-9(11)12-6-7(2)3/h7H,4-6H2,1-3H3. The van der Waals surface area contributed by atoms with Crippen molar-refractivity contribution < 1.29 is 14.3 Å². The van der Waals surface area contributed by atoms with Gasteiger partial charge in [-0.05, 0) is 5.92 Å². The third kappa shape index (κ3) is 5.89. The van der Waals surface area contributed by atoms with Crippen LogP contribution >= 0.6 is 0 Å². The number of hydrogen-bond acceptors (Lipinski definition) is 3. The maximum Gasteiger partial charge on any atom is 0.313 e. The minimum atomic E-state index is -0.407. The molecule has 0 aromatic carbocycles. The van der Waals surface area contributed by atoms with Crippen LogP contribution in [0.3, 0.4) is 0 Å². The molecule has 3 nitrogen and oxygen atoms in total. The van der Waals surface area contributed by atoms with Crippen molar-refractivity contribution >= 4 is 11.8 Å². The predicted octanol–water partition coefficient (Wildman–Crippen LogP) is 1.55. The zero-order valence-corrected chi connectivity index (χ0v) is 7.92. The van der Waals surface area contributed by atoms with Crippen molar-refractivity contribution in [3.8, 4) is 0 Å². The molecule has 0 aliphatic rings. The van der Waals surface area contributed by atoms with Crippen molar-refractivity contribution in [2.45, 2.75) is 33.6 Å². The van der Waals surface area contributed by atoms with E-state index in [1.54, 1.807) is 6.92 Å². The number of ketones is 1. The Balaban J connectivity index is 3.53. The Morgan fingerprint density at radius 2 is 1.92 bits per heavy atom. The predicted molar refractivity (Wildman–Crippen MR) is 45.7 cm³/mol. The average molecular weight is 172 g/mol. The first-order valence-corrected chi connectivity index (χ1v) is 4.23. The van der Waals surface area contributed by atoms with Crippen molar-refractivity contribution in [2.24, 2.45) is 5.92 Å². The molecule has 12 heavy (non-hydrogen) atoms. The molecule has 3 heteroatoms. The molecule has 0 aromatic heterocycles. The highest BCUT2D eigenvalue weighted by molar-refractivity contribution is 5.95. The summed E-state index contributed by atoms with van der Waals surface area (Å²) in [5, 5.41) is 0. The Morgan fingerprint density at radius 3 is 2.33 bits per heavy atom. The van der Waals surface area contributed by atoms with Crippen LogP contribution in [0.25, 0.3) is 0 Å². The van der Waals surface area contributed by atoms with Gasteiger partial charge in [0.2, 0.25) is 0 Å². The molecule has 0 aromatic rings. The highest BCUT2D eigenvalue weighted by atomic mass is 16.5. The van der Waals surface area contributed by atoms with Crippen LogP contribution in [0.4, 0.5) is 0 Å². The Bertz CT molecular complexity index is 161. The van der Waals surface area contributed by atoms with Crippen LogP contribution < -0.4 is 0 Å². The summed E-state index contributed by atoms with van der Waals surface area (Å²) in [6, 6.07) is 0. The van der Waals surface area contributed by atoms with Gasteiger partial charge in [0.15, 0.2) is 0 Å². The minimum Gasteiger partial charge on any atom is -0.465 e. The van der Waals surface area contributed by atoms with Crippen LogP contribution in [0.15, 0.2) is 0 Å². The number of carbonyl (C=O) groups is 2. The van der Waals surface area contributed by atoms with Gasteiger partial charge in [-0.15, -0.1) is 0 Å². The van der Waals surface area contributed by atoms with E-state index in [-0.39, 0.29) is 12.2 Å². The molecular weight excluding hydrogens is 156 g/mol. The highest BCUT2D eigenvalue weighted by Crippen LogP contribution is 1.96. The molecule has 0 aliphatic carbocycles. The van der Waals surface area contributed by atoms with E-state index in [9.17, 15) is 9.59 Å². The van der Waals surface area contributed by atoms with Crippen LogP contribution in [-0.4, -0.2) is 18.4 Å². The molecule has 0 bridgehead atoms. The van der Waals surface area contributed by atoms with Gasteiger partial charge in [-0.2, -0.15) is 0 Å². The molecule has 0 unspecified atom stereocenters. The lowest BCUT2D eigenvalue weighted by Gasteiger charge is -2.05.